The van der Waals surface area contributed by atoms with Crippen LogP contribution in [0.15, 0.2) is 12.2 Å². The van der Waals surface area contributed by atoms with Crippen molar-refractivity contribution in [2.75, 3.05) is 32.8 Å². The van der Waals surface area contributed by atoms with Gasteiger partial charge < -0.3 is 19.3 Å². The molecule has 0 N–H and O–H groups in total. The monoisotopic (exact) mass is 376 g/mol. The lowest BCUT2D eigenvalue weighted by Crippen LogP contribution is -2.52. The van der Waals surface area contributed by atoms with Crippen LogP contribution in [-0.4, -0.2) is 66.8 Å². The van der Waals surface area contributed by atoms with Gasteiger partial charge in [0.25, 0.3) is 5.91 Å². The maximum atomic E-state index is 13.2. The molecule has 0 radical (unpaired) electrons. The molecule has 150 valence electrons. The molecule has 2 aliphatic heterocycles. The summed E-state index contributed by atoms with van der Waals surface area (Å²) in [7, 11) is 0. The van der Waals surface area contributed by atoms with Gasteiger partial charge in [0, 0.05) is 32.3 Å². The average Bonchev–Trinajstić information content (AvgIpc) is 3.44. The van der Waals surface area contributed by atoms with Gasteiger partial charge in [-0.05, 0) is 63.2 Å². The minimum atomic E-state index is -0.262. The van der Waals surface area contributed by atoms with Crippen molar-refractivity contribution in [2.45, 2.75) is 57.6 Å². The number of rotatable bonds is 5. The Balaban J connectivity index is 1.41. The zero-order chi connectivity index (χ0) is 18.8. The van der Waals surface area contributed by atoms with Crippen LogP contribution in [0.3, 0.4) is 0 Å². The fraction of sp³-hybridized carbons (Fsp3) is 0.810. The standard InChI is InChI=1S/C21H32N2O4/c1-2-26-21(25)22-9-7-18(8-10-22)23(20(24)19-4-3-11-27-19)14-17-13-15-5-6-16(17)12-15/h5-6,15-19H,2-4,7-14H2,1H3/t15-,16+,17-,19+/m1/s1. The number of amides is 2. The molecule has 0 aromatic heterocycles. The van der Waals surface area contributed by atoms with Crippen LogP contribution >= 0.6 is 0 Å². The van der Waals surface area contributed by atoms with Crippen LogP contribution in [0.2, 0.25) is 0 Å². The maximum absolute atomic E-state index is 13.2. The van der Waals surface area contributed by atoms with Crippen LogP contribution in [0.1, 0.15) is 45.4 Å². The number of hydrogen-bond donors (Lipinski definition) is 0. The van der Waals surface area contributed by atoms with Gasteiger partial charge in [0.2, 0.25) is 0 Å². The minimum absolute atomic E-state index is 0.175. The molecule has 6 heteroatoms. The first-order valence-electron chi connectivity index (χ1n) is 10.7. The molecule has 0 aromatic carbocycles. The van der Waals surface area contributed by atoms with Gasteiger partial charge in [-0.25, -0.2) is 4.79 Å². The summed E-state index contributed by atoms with van der Waals surface area (Å²) >= 11 is 0. The van der Waals surface area contributed by atoms with E-state index in [1.165, 1.54) is 12.8 Å². The van der Waals surface area contributed by atoms with E-state index in [9.17, 15) is 9.59 Å². The van der Waals surface area contributed by atoms with Gasteiger partial charge in [-0.2, -0.15) is 0 Å². The van der Waals surface area contributed by atoms with Crippen LogP contribution < -0.4 is 0 Å². The van der Waals surface area contributed by atoms with Crippen LogP contribution in [0.4, 0.5) is 4.79 Å². The Kier molecular flexibility index (Phi) is 5.71. The van der Waals surface area contributed by atoms with E-state index in [-0.39, 0.29) is 24.1 Å². The molecule has 2 aliphatic carbocycles. The summed E-state index contributed by atoms with van der Waals surface area (Å²) in [5.74, 6) is 2.10. The fourth-order valence-electron chi connectivity index (χ4n) is 5.31. The van der Waals surface area contributed by atoms with Gasteiger partial charge in [0.1, 0.15) is 6.10 Å². The topological polar surface area (TPSA) is 59.1 Å². The van der Waals surface area contributed by atoms with E-state index in [1.54, 1.807) is 4.90 Å². The smallest absolute Gasteiger partial charge is 0.409 e. The lowest BCUT2D eigenvalue weighted by Gasteiger charge is -2.40. The number of likely N-dealkylation sites (tertiary alicyclic amines) is 1. The highest BCUT2D eigenvalue weighted by molar-refractivity contribution is 5.81. The van der Waals surface area contributed by atoms with E-state index in [2.05, 4.69) is 17.1 Å². The molecule has 4 aliphatic rings. The Labute approximate surface area is 161 Å². The van der Waals surface area contributed by atoms with Gasteiger partial charge in [-0.1, -0.05) is 12.2 Å². The normalized spacial score (nSPS) is 32.9. The first-order chi connectivity index (χ1) is 13.2. The number of carbonyl (C=O) groups is 2. The third-order valence-corrected chi connectivity index (χ3v) is 6.77. The van der Waals surface area contributed by atoms with Gasteiger partial charge in [0.05, 0.1) is 6.61 Å². The number of nitrogens with zero attached hydrogens (tertiary/aromatic N) is 2. The second-order valence-corrected chi connectivity index (χ2v) is 8.45. The molecule has 0 unspecified atom stereocenters. The minimum Gasteiger partial charge on any atom is -0.450 e. The van der Waals surface area contributed by atoms with E-state index in [0.29, 0.717) is 44.1 Å². The van der Waals surface area contributed by atoms with Crippen molar-refractivity contribution in [2.24, 2.45) is 17.8 Å². The summed E-state index contributed by atoms with van der Waals surface area (Å²) in [6, 6.07) is 0.204. The van der Waals surface area contributed by atoms with Crippen molar-refractivity contribution >= 4 is 12.0 Å². The van der Waals surface area contributed by atoms with Crippen molar-refractivity contribution in [1.82, 2.24) is 9.80 Å². The highest BCUT2D eigenvalue weighted by Gasteiger charge is 2.41. The summed E-state index contributed by atoms with van der Waals surface area (Å²) in [4.78, 5) is 29.1. The Bertz CT molecular complexity index is 579. The molecular weight excluding hydrogens is 344 g/mol. The third kappa shape index (κ3) is 4.00. The average molecular weight is 376 g/mol. The third-order valence-electron chi connectivity index (χ3n) is 6.77. The zero-order valence-electron chi connectivity index (χ0n) is 16.3. The van der Waals surface area contributed by atoms with E-state index in [1.807, 2.05) is 6.92 Å². The van der Waals surface area contributed by atoms with Crippen molar-refractivity contribution in [3.63, 3.8) is 0 Å². The van der Waals surface area contributed by atoms with Crippen molar-refractivity contribution in [1.29, 1.82) is 0 Å². The second kappa shape index (κ2) is 8.21. The first kappa shape index (κ1) is 18.8. The van der Waals surface area contributed by atoms with Crippen LogP contribution in [-0.2, 0) is 14.3 Å². The molecule has 0 aromatic rings. The summed E-state index contributed by atoms with van der Waals surface area (Å²) in [5.41, 5.74) is 0. The number of ether oxygens (including phenoxy) is 2. The molecule has 3 fully saturated rings. The Morgan fingerprint density at radius 1 is 1.19 bits per heavy atom. The summed E-state index contributed by atoms with van der Waals surface area (Å²) in [6.45, 7) is 5.10. The summed E-state index contributed by atoms with van der Waals surface area (Å²) in [6.07, 6.45) is 10.2. The lowest BCUT2D eigenvalue weighted by molar-refractivity contribution is -0.145. The van der Waals surface area contributed by atoms with Gasteiger partial charge in [0.15, 0.2) is 0 Å². The Morgan fingerprint density at radius 3 is 2.59 bits per heavy atom. The lowest BCUT2D eigenvalue weighted by atomic mass is 9.91. The van der Waals surface area contributed by atoms with E-state index >= 15 is 0 Å². The van der Waals surface area contributed by atoms with Crippen LogP contribution in [0.5, 0.6) is 0 Å². The molecule has 2 saturated heterocycles. The van der Waals surface area contributed by atoms with Gasteiger partial charge >= 0.3 is 6.09 Å². The number of carbonyl (C=O) groups excluding carboxylic acids is 2. The van der Waals surface area contributed by atoms with Crippen molar-refractivity contribution in [3.05, 3.63) is 12.2 Å². The second-order valence-electron chi connectivity index (χ2n) is 8.45. The number of piperidine rings is 1. The number of fused-ring (bicyclic) bond motifs is 2. The summed E-state index contributed by atoms with van der Waals surface area (Å²) < 4.78 is 10.8. The molecule has 2 amide bonds. The highest BCUT2D eigenvalue weighted by atomic mass is 16.6. The Hall–Kier alpha value is -1.56. The van der Waals surface area contributed by atoms with Crippen LogP contribution in [0, 0.1) is 17.8 Å². The first-order valence-corrected chi connectivity index (χ1v) is 10.7. The molecule has 4 rings (SSSR count). The SMILES string of the molecule is CCOC(=O)N1CCC(N(C[C@H]2C[C@@H]3C=C[C@H]2C3)C(=O)[C@@H]2CCCO2)CC1. The molecule has 2 bridgehead atoms. The van der Waals surface area contributed by atoms with Crippen molar-refractivity contribution in [3.8, 4) is 0 Å². The van der Waals surface area contributed by atoms with Crippen LogP contribution in [0.25, 0.3) is 0 Å². The quantitative estimate of drug-likeness (QED) is 0.693. The predicted octanol–water partition coefficient (Wildman–Crippen LogP) is 2.83. The fourth-order valence-corrected chi connectivity index (χ4v) is 5.31. The number of hydrogen-bond acceptors (Lipinski definition) is 4. The molecule has 0 spiro atoms. The Morgan fingerprint density at radius 2 is 2.00 bits per heavy atom. The van der Waals surface area contributed by atoms with E-state index < -0.39 is 0 Å². The molecule has 1 saturated carbocycles. The van der Waals surface area contributed by atoms with E-state index in [4.69, 9.17) is 9.47 Å². The molecule has 6 nitrogen and oxygen atoms in total. The summed E-state index contributed by atoms with van der Waals surface area (Å²) in [5, 5.41) is 0. The molecule has 27 heavy (non-hydrogen) atoms. The molecule has 4 atom stereocenters. The number of allylic oxidation sites excluding steroid dienone is 2. The highest BCUT2D eigenvalue weighted by Crippen LogP contribution is 2.44. The molecular formula is C21H32N2O4. The molecule has 2 heterocycles. The van der Waals surface area contributed by atoms with Crippen molar-refractivity contribution < 1.29 is 19.1 Å². The predicted molar refractivity (Wildman–Crippen MR) is 101 cm³/mol. The maximum Gasteiger partial charge on any atom is 0.409 e. The zero-order valence-corrected chi connectivity index (χ0v) is 16.3. The van der Waals surface area contributed by atoms with Gasteiger partial charge in [-0.15, -0.1) is 0 Å². The van der Waals surface area contributed by atoms with Gasteiger partial charge in [-0.3, -0.25) is 4.79 Å². The van der Waals surface area contributed by atoms with E-state index in [0.717, 1.165) is 32.2 Å². The largest absolute Gasteiger partial charge is 0.450 e.